The van der Waals surface area contributed by atoms with Crippen LogP contribution in [0.15, 0.2) is 6.07 Å². The zero-order valence-corrected chi connectivity index (χ0v) is 12.8. The van der Waals surface area contributed by atoms with Crippen LogP contribution in [0, 0.1) is 6.92 Å². The molecule has 0 saturated heterocycles. The maximum atomic E-state index is 5.45. The summed E-state index contributed by atoms with van der Waals surface area (Å²) in [6, 6.07) is 1.87. The molecule has 0 radical (unpaired) electrons. The minimum absolute atomic E-state index is 0.360. The van der Waals surface area contributed by atoms with E-state index < -0.39 is 0 Å². The van der Waals surface area contributed by atoms with E-state index in [2.05, 4.69) is 21.5 Å². The Bertz CT molecular complexity index is 419. The number of nitrogens with zero attached hydrogens (tertiary/aromatic N) is 2. The van der Waals surface area contributed by atoms with Crippen LogP contribution in [-0.2, 0) is 0 Å². The van der Waals surface area contributed by atoms with Gasteiger partial charge in [0.15, 0.2) is 0 Å². The summed E-state index contributed by atoms with van der Waals surface area (Å²) in [4.78, 5) is 8.83. The monoisotopic (exact) mass is 281 g/mol. The summed E-state index contributed by atoms with van der Waals surface area (Å²) in [6.07, 6.45) is 7.44. The fraction of sp³-hybridized carbons (Fsp3) is 0.714. The largest absolute Gasteiger partial charge is 0.478 e. The van der Waals surface area contributed by atoms with Gasteiger partial charge in [-0.1, -0.05) is 12.8 Å². The van der Waals surface area contributed by atoms with Crippen molar-refractivity contribution in [2.75, 3.05) is 24.7 Å². The third kappa shape index (κ3) is 3.75. The standard InChI is InChI=1S/C14H23N3OS/c1-4-18-12-9-11(2)16-13(17-12)15-10-14(19-3)7-5-6-8-14/h9H,4-8,10H2,1-3H3,(H,15,16,17). The maximum absolute atomic E-state index is 5.45. The minimum atomic E-state index is 0.360. The Morgan fingerprint density at radius 3 is 2.74 bits per heavy atom. The SMILES string of the molecule is CCOc1cc(C)nc(NCC2(SC)CCCC2)n1. The van der Waals surface area contributed by atoms with Crippen molar-refractivity contribution in [2.24, 2.45) is 0 Å². The second-order valence-corrected chi connectivity index (χ2v) is 6.33. The van der Waals surface area contributed by atoms with Gasteiger partial charge in [-0.2, -0.15) is 16.7 Å². The molecule has 19 heavy (non-hydrogen) atoms. The number of thioether (sulfide) groups is 1. The molecular weight excluding hydrogens is 258 g/mol. The van der Waals surface area contributed by atoms with E-state index in [9.17, 15) is 0 Å². The molecule has 1 N–H and O–H groups in total. The van der Waals surface area contributed by atoms with Crippen LogP contribution in [0.4, 0.5) is 5.95 Å². The number of hydrogen-bond acceptors (Lipinski definition) is 5. The summed E-state index contributed by atoms with van der Waals surface area (Å²) < 4.78 is 5.81. The summed E-state index contributed by atoms with van der Waals surface area (Å²) in [6.45, 7) is 5.49. The molecule has 0 bridgehead atoms. The van der Waals surface area contributed by atoms with Gasteiger partial charge < -0.3 is 10.1 Å². The van der Waals surface area contributed by atoms with Gasteiger partial charge in [0.2, 0.25) is 11.8 Å². The topological polar surface area (TPSA) is 47.0 Å². The predicted molar refractivity (Wildman–Crippen MR) is 81.1 cm³/mol. The molecule has 1 aliphatic rings. The van der Waals surface area contributed by atoms with Crippen LogP contribution in [0.5, 0.6) is 5.88 Å². The van der Waals surface area contributed by atoms with Crippen LogP contribution in [-0.4, -0.2) is 34.1 Å². The minimum Gasteiger partial charge on any atom is -0.478 e. The van der Waals surface area contributed by atoms with Crippen molar-refractivity contribution in [1.82, 2.24) is 9.97 Å². The number of ether oxygens (including phenoxy) is 1. The third-order valence-corrected chi connectivity index (χ3v) is 5.06. The Morgan fingerprint density at radius 1 is 1.37 bits per heavy atom. The molecule has 0 amide bonds. The van der Waals surface area contributed by atoms with Gasteiger partial charge in [0.1, 0.15) is 0 Å². The lowest BCUT2D eigenvalue weighted by molar-refractivity contribution is 0.326. The molecule has 0 atom stereocenters. The van der Waals surface area contributed by atoms with Crippen LogP contribution < -0.4 is 10.1 Å². The fourth-order valence-electron chi connectivity index (χ4n) is 2.55. The number of rotatable bonds is 6. The van der Waals surface area contributed by atoms with Crippen LogP contribution in [0.25, 0.3) is 0 Å². The average Bonchev–Trinajstić information content (AvgIpc) is 2.86. The number of anilines is 1. The molecule has 1 fully saturated rings. The first kappa shape index (κ1) is 14.4. The number of nitrogens with one attached hydrogen (secondary N) is 1. The summed E-state index contributed by atoms with van der Waals surface area (Å²) in [5, 5.41) is 3.39. The summed E-state index contributed by atoms with van der Waals surface area (Å²) in [5.41, 5.74) is 0.936. The highest BCUT2D eigenvalue weighted by molar-refractivity contribution is 8.00. The average molecular weight is 281 g/mol. The molecule has 1 aromatic rings. The van der Waals surface area contributed by atoms with Crippen molar-refractivity contribution in [1.29, 1.82) is 0 Å². The smallest absolute Gasteiger partial charge is 0.226 e. The van der Waals surface area contributed by atoms with Gasteiger partial charge in [0.05, 0.1) is 6.61 Å². The van der Waals surface area contributed by atoms with Crippen molar-refractivity contribution in [2.45, 2.75) is 44.3 Å². The van der Waals surface area contributed by atoms with E-state index in [4.69, 9.17) is 4.74 Å². The normalized spacial score (nSPS) is 17.4. The third-order valence-electron chi connectivity index (χ3n) is 3.64. The van der Waals surface area contributed by atoms with Gasteiger partial charge in [-0.3, -0.25) is 0 Å². The van der Waals surface area contributed by atoms with E-state index in [0.29, 0.717) is 23.2 Å². The molecule has 1 aromatic heterocycles. The number of aryl methyl sites for hydroxylation is 1. The Kier molecular flexibility index (Phi) is 4.91. The Hall–Kier alpha value is -0.970. The first-order valence-corrected chi connectivity index (χ1v) is 8.17. The first-order chi connectivity index (χ1) is 9.17. The zero-order valence-electron chi connectivity index (χ0n) is 12.0. The highest BCUT2D eigenvalue weighted by atomic mass is 32.2. The Labute approximate surface area is 119 Å². The van der Waals surface area contributed by atoms with E-state index in [1.807, 2.05) is 31.7 Å². The quantitative estimate of drug-likeness (QED) is 0.867. The molecule has 0 spiro atoms. The second kappa shape index (κ2) is 6.46. The highest BCUT2D eigenvalue weighted by Gasteiger charge is 2.32. The van der Waals surface area contributed by atoms with Crippen molar-refractivity contribution in [3.8, 4) is 5.88 Å². The molecule has 0 unspecified atom stereocenters. The molecule has 0 aliphatic heterocycles. The number of hydrogen-bond donors (Lipinski definition) is 1. The molecule has 4 nitrogen and oxygen atoms in total. The van der Waals surface area contributed by atoms with E-state index in [-0.39, 0.29) is 0 Å². The summed E-state index contributed by atoms with van der Waals surface area (Å²) >= 11 is 1.97. The van der Waals surface area contributed by atoms with E-state index >= 15 is 0 Å². The van der Waals surface area contributed by atoms with Crippen molar-refractivity contribution >= 4 is 17.7 Å². The summed E-state index contributed by atoms with van der Waals surface area (Å²) in [7, 11) is 0. The van der Waals surface area contributed by atoms with Gasteiger partial charge in [-0.15, -0.1) is 0 Å². The number of aromatic nitrogens is 2. The molecule has 1 saturated carbocycles. The fourth-order valence-corrected chi connectivity index (χ4v) is 3.47. The molecule has 1 aliphatic carbocycles. The predicted octanol–water partition coefficient (Wildman–Crippen LogP) is 3.27. The van der Waals surface area contributed by atoms with Crippen LogP contribution >= 0.6 is 11.8 Å². The lowest BCUT2D eigenvalue weighted by Gasteiger charge is -2.26. The van der Waals surface area contributed by atoms with Gasteiger partial charge in [0, 0.05) is 23.1 Å². The van der Waals surface area contributed by atoms with Crippen molar-refractivity contribution in [3.05, 3.63) is 11.8 Å². The van der Waals surface area contributed by atoms with Crippen molar-refractivity contribution in [3.63, 3.8) is 0 Å². The maximum Gasteiger partial charge on any atom is 0.226 e. The molecule has 1 heterocycles. The van der Waals surface area contributed by atoms with E-state index in [1.165, 1.54) is 25.7 Å². The highest BCUT2D eigenvalue weighted by Crippen LogP contribution is 2.40. The lowest BCUT2D eigenvalue weighted by Crippen LogP contribution is -2.30. The van der Waals surface area contributed by atoms with E-state index in [1.54, 1.807) is 0 Å². The first-order valence-electron chi connectivity index (χ1n) is 6.95. The lowest BCUT2D eigenvalue weighted by atomic mass is 10.1. The van der Waals surface area contributed by atoms with Crippen LogP contribution in [0.2, 0.25) is 0 Å². The Balaban J connectivity index is 2.02. The molecule has 0 aromatic carbocycles. The van der Waals surface area contributed by atoms with Crippen LogP contribution in [0.1, 0.15) is 38.3 Å². The van der Waals surface area contributed by atoms with E-state index in [0.717, 1.165) is 12.2 Å². The zero-order chi connectivity index (χ0) is 13.7. The van der Waals surface area contributed by atoms with Gasteiger partial charge in [-0.05, 0) is 32.9 Å². The molecule has 2 rings (SSSR count). The van der Waals surface area contributed by atoms with Gasteiger partial charge >= 0.3 is 0 Å². The van der Waals surface area contributed by atoms with Crippen molar-refractivity contribution < 1.29 is 4.74 Å². The second-order valence-electron chi connectivity index (χ2n) is 5.05. The van der Waals surface area contributed by atoms with Crippen LogP contribution in [0.3, 0.4) is 0 Å². The molecular formula is C14H23N3OS. The van der Waals surface area contributed by atoms with Gasteiger partial charge in [0.25, 0.3) is 0 Å². The Morgan fingerprint density at radius 2 is 2.11 bits per heavy atom. The molecule has 106 valence electrons. The van der Waals surface area contributed by atoms with Gasteiger partial charge in [-0.25, -0.2) is 4.98 Å². The summed E-state index contributed by atoms with van der Waals surface area (Å²) in [5.74, 6) is 1.34. The molecule has 5 heteroatoms.